The van der Waals surface area contributed by atoms with Crippen LogP contribution in [0.1, 0.15) is 58.3 Å². The third-order valence-electron chi connectivity index (χ3n) is 4.69. The van der Waals surface area contributed by atoms with Gasteiger partial charge in [-0.05, 0) is 32.6 Å². The third kappa shape index (κ3) is 4.61. The Hall–Kier alpha value is -1.26. The Morgan fingerprint density at radius 1 is 1.10 bits per heavy atom. The molecule has 1 aliphatic heterocycles. The molecule has 2 fully saturated rings. The summed E-state index contributed by atoms with van der Waals surface area (Å²) >= 11 is 0. The fourth-order valence-corrected chi connectivity index (χ4v) is 3.46. The summed E-state index contributed by atoms with van der Waals surface area (Å²) in [5.74, 6) is 0.175. The Bertz CT molecular complexity index is 347. The maximum atomic E-state index is 12.3. The molecule has 5 heteroatoms. The molecule has 2 rings (SSSR count). The maximum Gasteiger partial charge on any atom is 0.317 e. The van der Waals surface area contributed by atoms with Crippen molar-refractivity contribution < 1.29 is 9.59 Å². The summed E-state index contributed by atoms with van der Waals surface area (Å²) in [6, 6.07) is 0.386. The Labute approximate surface area is 128 Å². The highest BCUT2D eigenvalue weighted by Gasteiger charge is 2.24. The summed E-state index contributed by atoms with van der Waals surface area (Å²) < 4.78 is 0. The second kappa shape index (κ2) is 8.25. The summed E-state index contributed by atoms with van der Waals surface area (Å²) in [5.41, 5.74) is 0. The number of nitrogens with zero attached hydrogens (tertiary/aromatic N) is 2. The lowest BCUT2D eigenvalue weighted by atomic mass is 9.94. The van der Waals surface area contributed by atoms with Crippen molar-refractivity contribution in [1.29, 1.82) is 0 Å². The molecule has 2 aliphatic rings. The lowest BCUT2D eigenvalue weighted by Gasteiger charge is -2.33. The largest absolute Gasteiger partial charge is 0.343 e. The van der Waals surface area contributed by atoms with Gasteiger partial charge in [-0.15, -0.1) is 0 Å². The van der Waals surface area contributed by atoms with E-state index >= 15 is 0 Å². The van der Waals surface area contributed by atoms with Crippen LogP contribution in [0.2, 0.25) is 0 Å². The summed E-state index contributed by atoms with van der Waals surface area (Å²) in [5, 5.41) is 2.92. The van der Waals surface area contributed by atoms with E-state index in [9.17, 15) is 9.59 Å². The first-order chi connectivity index (χ1) is 10.2. The normalized spacial score (nSPS) is 19.6. The molecule has 3 amide bonds. The molecule has 5 nitrogen and oxygen atoms in total. The molecule has 0 aromatic carbocycles. The molecule has 1 aliphatic carbocycles. The lowest BCUT2D eigenvalue weighted by Crippen LogP contribution is -2.47. The van der Waals surface area contributed by atoms with Gasteiger partial charge in [0.05, 0.1) is 0 Å². The van der Waals surface area contributed by atoms with Gasteiger partial charge in [0, 0.05) is 38.6 Å². The second-order valence-corrected chi connectivity index (χ2v) is 6.15. The molecule has 1 saturated heterocycles. The Morgan fingerprint density at radius 3 is 2.38 bits per heavy atom. The van der Waals surface area contributed by atoms with Gasteiger partial charge < -0.3 is 15.1 Å². The second-order valence-electron chi connectivity index (χ2n) is 6.15. The zero-order chi connectivity index (χ0) is 15.1. The summed E-state index contributed by atoms with van der Waals surface area (Å²) in [4.78, 5) is 28.0. The predicted octanol–water partition coefficient (Wildman–Crippen LogP) is 2.36. The molecule has 0 aromatic heterocycles. The standard InChI is InChI=1S/C16H29N3O2/c1-2-19(14-8-4-3-5-9-14)16(21)17-11-10-15(20)18-12-6-7-13-18/h14H,2-13H2,1H3,(H,17,21). The van der Waals surface area contributed by atoms with E-state index < -0.39 is 0 Å². The molecule has 0 unspecified atom stereocenters. The van der Waals surface area contributed by atoms with Crippen LogP contribution in [-0.2, 0) is 4.79 Å². The van der Waals surface area contributed by atoms with Gasteiger partial charge in [-0.3, -0.25) is 4.79 Å². The average molecular weight is 295 g/mol. The van der Waals surface area contributed by atoms with Crippen molar-refractivity contribution in [3.05, 3.63) is 0 Å². The molecule has 120 valence electrons. The van der Waals surface area contributed by atoms with Crippen LogP contribution in [0.25, 0.3) is 0 Å². The minimum absolute atomic E-state index is 0.00128. The van der Waals surface area contributed by atoms with Gasteiger partial charge in [0.25, 0.3) is 0 Å². The van der Waals surface area contributed by atoms with Crippen LogP contribution >= 0.6 is 0 Å². The fraction of sp³-hybridized carbons (Fsp3) is 0.875. The molecular weight excluding hydrogens is 266 g/mol. The van der Waals surface area contributed by atoms with Crippen molar-refractivity contribution in [2.75, 3.05) is 26.2 Å². The number of hydrogen-bond acceptors (Lipinski definition) is 2. The third-order valence-corrected chi connectivity index (χ3v) is 4.69. The first-order valence-electron chi connectivity index (χ1n) is 8.54. The van der Waals surface area contributed by atoms with E-state index in [1.165, 1.54) is 19.3 Å². The van der Waals surface area contributed by atoms with Crippen LogP contribution in [0.5, 0.6) is 0 Å². The number of likely N-dealkylation sites (tertiary alicyclic amines) is 1. The number of urea groups is 1. The first-order valence-corrected chi connectivity index (χ1v) is 8.54. The van der Waals surface area contributed by atoms with E-state index in [4.69, 9.17) is 0 Å². The van der Waals surface area contributed by atoms with E-state index in [0.717, 1.165) is 45.3 Å². The van der Waals surface area contributed by atoms with Crippen molar-refractivity contribution in [3.63, 3.8) is 0 Å². The van der Waals surface area contributed by atoms with Gasteiger partial charge in [-0.1, -0.05) is 19.3 Å². The van der Waals surface area contributed by atoms with E-state index in [-0.39, 0.29) is 11.9 Å². The van der Waals surface area contributed by atoms with Gasteiger partial charge >= 0.3 is 6.03 Å². The van der Waals surface area contributed by atoms with Crippen LogP contribution in [0, 0.1) is 0 Å². The minimum atomic E-state index is -0.00128. The van der Waals surface area contributed by atoms with Gasteiger partial charge in [-0.25, -0.2) is 4.79 Å². The quantitative estimate of drug-likeness (QED) is 0.846. The van der Waals surface area contributed by atoms with Crippen LogP contribution in [-0.4, -0.2) is 54.0 Å². The van der Waals surface area contributed by atoms with E-state index in [1.807, 2.05) is 16.7 Å². The Morgan fingerprint density at radius 2 is 1.76 bits per heavy atom. The Balaban J connectivity index is 1.70. The van der Waals surface area contributed by atoms with Gasteiger partial charge in [-0.2, -0.15) is 0 Å². The number of carbonyl (C=O) groups is 2. The molecule has 0 spiro atoms. The summed E-state index contributed by atoms with van der Waals surface area (Å²) in [7, 11) is 0. The molecular formula is C16H29N3O2. The molecule has 0 bridgehead atoms. The SMILES string of the molecule is CCN(C(=O)NCCC(=O)N1CCCC1)C1CCCCC1. The van der Waals surface area contributed by atoms with Gasteiger partial charge in [0.15, 0.2) is 0 Å². The first kappa shape index (κ1) is 16.1. The number of rotatable bonds is 5. The number of hydrogen-bond donors (Lipinski definition) is 1. The van der Waals surface area contributed by atoms with Crippen molar-refractivity contribution >= 4 is 11.9 Å². The minimum Gasteiger partial charge on any atom is -0.343 e. The predicted molar refractivity (Wildman–Crippen MR) is 83.1 cm³/mol. The highest BCUT2D eigenvalue weighted by molar-refractivity contribution is 5.78. The van der Waals surface area contributed by atoms with Crippen LogP contribution in [0.4, 0.5) is 4.79 Å². The molecule has 0 aromatic rings. The van der Waals surface area contributed by atoms with Crippen LogP contribution < -0.4 is 5.32 Å². The van der Waals surface area contributed by atoms with Crippen molar-refractivity contribution in [3.8, 4) is 0 Å². The van der Waals surface area contributed by atoms with Crippen LogP contribution in [0.3, 0.4) is 0 Å². The topological polar surface area (TPSA) is 52.7 Å². The number of amides is 3. The number of carbonyl (C=O) groups excluding carboxylic acids is 2. The molecule has 1 heterocycles. The maximum absolute atomic E-state index is 12.3. The van der Waals surface area contributed by atoms with Gasteiger partial charge in [0.2, 0.25) is 5.91 Å². The zero-order valence-electron chi connectivity index (χ0n) is 13.3. The van der Waals surface area contributed by atoms with E-state index in [2.05, 4.69) is 5.32 Å². The smallest absolute Gasteiger partial charge is 0.317 e. The highest BCUT2D eigenvalue weighted by Crippen LogP contribution is 2.22. The van der Waals surface area contributed by atoms with E-state index in [1.54, 1.807) is 0 Å². The molecule has 1 N–H and O–H groups in total. The van der Waals surface area contributed by atoms with Crippen molar-refractivity contribution in [2.24, 2.45) is 0 Å². The highest BCUT2D eigenvalue weighted by atomic mass is 16.2. The van der Waals surface area contributed by atoms with Crippen molar-refractivity contribution in [1.82, 2.24) is 15.1 Å². The van der Waals surface area contributed by atoms with Crippen molar-refractivity contribution in [2.45, 2.75) is 64.3 Å². The Kier molecular flexibility index (Phi) is 6.33. The van der Waals surface area contributed by atoms with E-state index in [0.29, 0.717) is 19.0 Å². The molecule has 0 radical (unpaired) electrons. The van der Waals surface area contributed by atoms with Crippen LogP contribution in [0.15, 0.2) is 0 Å². The molecule has 1 saturated carbocycles. The zero-order valence-corrected chi connectivity index (χ0v) is 13.3. The van der Waals surface area contributed by atoms with Gasteiger partial charge in [0.1, 0.15) is 0 Å². The lowest BCUT2D eigenvalue weighted by molar-refractivity contribution is -0.129. The molecule has 0 atom stereocenters. The summed E-state index contributed by atoms with van der Waals surface area (Å²) in [6.07, 6.45) is 8.63. The fourth-order valence-electron chi connectivity index (χ4n) is 3.46. The average Bonchev–Trinajstić information content (AvgIpc) is 3.03. The summed E-state index contributed by atoms with van der Waals surface area (Å²) in [6.45, 7) is 5.00. The molecule has 21 heavy (non-hydrogen) atoms. The number of nitrogens with one attached hydrogen (secondary N) is 1. The monoisotopic (exact) mass is 295 g/mol.